The Kier molecular flexibility index (Phi) is 6.04. The number of rotatable bonds is 5. The van der Waals surface area contributed by atoms with Gasteiger partial charge >= 0.3 is 0 Å². The van der Waals surface area contributed by atoms with Crippen LogP contribution in [0.15, 0.2) is 30.5 Å². The molecule has 0 radical (unpaired) electrons. The Morgan fingerprint density at radius 1 is 1.14 bits per heavy atom. The van der Waals surface area contributed by atoms with Gasteiger partial charge in [-0.25, -0.2) is 9.97 Å². The van der Waals surface area contributed by atoms with Crippen LogP contribution in [0.25, 0.3) is 11.1 Å². The molecule has 2 fully saturated rings. The molecule has 6 heteroatoms. The van der Waals surface area contributed by atoms with Crippen molar-refractivity contribution >= 4 is 23.5 Å². The molecule has 1 saturated carbocycles. The summed E-state index contributed by atoms with van der Waals surface area (Å²) in [4.78, 5) is 26.6. The number of benzene rings is 1. The molecule has 1 aliphatic heterocycles. The van der Waals surface area contributed by atoms with E-state index in [1.807, 2.05) is 49.5 Å². The minimum atomic E-state index is 0.0104. The normalized spacial score (nSPS) is 19.7. The Hall–Kier alpha value is -2.14. The van der Waals surface area contributed by atoms with Crippen LogP contribution in [0.3, 0.4) is 0 Å². The summed E-state index contributed by atoms with van der Waals surface area (Å²) in [5.41, 5.74) is 2.96. The van der Waals surface area contributed by atoms with E-state index >= 15 is 0 Å². The maximum Gasteiger partial charge on any atom is 0.225 e. The number of nitrogens with zero attached hydrogens (tertiary/aromatic N) is 4. The third-order valence-electron chi connectivity index (χ3n) is 6.19. The number of carbonyl (C=O) groups is 1. The van der Waals surface area contributed by atoms with Crippen molar-refractivity contribution < 1.29 is 4.79 Å². The van der Waals surface area contributed by atoms with Crippen LogP contribution >= 0.6 is 11.6 Å². The Bertz CT molecular complexity index is 862. The summed E-state index contributed by atoms with van der Waals surface area (Å²) >= 11 is 6.09. The van der Waals surface area contributed by atoms with Crippen molar-refractivity contribution in [1.29, 1.82) is 0 Å². The second-order valence-electron chi connectivity index (χ2n) is 8.47. The predicted octanol–water partition coefficient (Wildman–Crippen LogP) is 5.11. The van der Waals surface area contributed by atoms with Gasteiger partial charge in [0.05, 0.1) is 11.7 Å². The van der Waals surface area contributed by atoms with Crippen molar-refractivity contribution in [3.63, 3.8) is 0 Å². The molecular weight excluding hydrogens is 384 g/mol. The van der Waals surface area contributed by atoms with Crippen molar-refractivity contribution in [3.05, 3.63) is 41.2 Å². The van der Waals surface area contributed by atoms with E-state index in [0.717, 1.165) is 36.2 Å². The number of carbonyl (C=O) groups excluding carboxylic acids is 1. The lowest BCUT2D eigenvalue weighted by Gasteiger charge is -2.28. The summed E-state index contributed by atoms with van der Waals surface area (Å²) < 4.78 is 0. The molecule has 5 nitrogen and oxygen atoms in total. The molecule has 0 N–H and O–H groups in total. The highest BCUT2D eigenvalue weighted by Crippen LogP contribution is 2.39. The van der Waals surface area contributed by atoms with E-state index in [1.165, 1.54) is 25.7 Å². The van der Waals surface area contributed by atoms with Crippen LogP contribution in [-0.2, 0) is 4.79 Å². The van der Waals surface area contributed by atoms with Gasteiger partial charge in [-0.3, -0.25) is 4.79 Å². The lowest BCUT2D eigenvalue weighted by atomic mass is 9.98. The molecule has 1 aliphatic carbocycles. The first kappa shape index (κ1) is 20.1. The number of anilines is 1. The first-order valence-electron chi connectivity index (χ1n) is 10.6. The predicted molar refractivity (Wildman–Crippen MR) is 117 cm³/mol. The number of hydrogen-bond acceptors (Lipinski definition) is 4. The van der Waals surface area contributed by atoms with Gasteiger partial charge in [-0.1, -0.05) is 36.6 Å². The molecule has 29 heavy (non-hydrogen) atoms. The zero-order valence-corrected chi connectivity index (χ0v) is 18.0. The van der Waals surface area contributed by atoms with Crippen molar-refractivity contribution in [3.8, 4) is 11.1 Å². The first-order chi connectivity index (χ1) is 14.0. The van der Waals surface area contributed by atoms with Crippen LogP contribution in [0.1, 0.15) is 56.7 Å². The zero-order chi connectivity index (χ0) is 20.4. The standard InChI is InChI=1S/C23H29ClN4O/c1-27(2)23-25-15-19(17-9-11-18(24)12-10-17)22(26-23)20-8-5-13-28(20)21(29)14-16-6-3-4-7-16/h9-12,15-16,20H,3-8,13-14H2,1-2H3/t20-/m1/s1. The summed E-state index contributed by atoms with van der Waals surface area (Å²) in [5, 5.41) is 0.704. The van der Waals surface area contributed by atoms with Gasteiger partial charge in [0.1, 0.15) is 0 Å². The van der Waals surface area contributed by atoms with Gasteiger partial charge in [0, 0.05) is 43.8 Å². The monoisotopic (exact) mass is 412 g/mol. The highest BCUT2D eigenvalue weighted by Gasteiger charge is 2.34. The molecular formula is C23H29ClN4O. The second kappa shape index (κ2) is 8.70. The average Bonchev–Trinajstić information content (AvgIpc) is 3.40. The molecule has 2 aromatic rings. The molecule has 1 atom stereocenters. The molecule has 0 unspecified atom stereocenters. The van der Waals surface area contributed by atoms with E-state index in [1.54, 1.807) is 0 Å². The fraction of sp³-hybridized carbons (Fsp3) is 0.522. The number of amides is 1. The van der Waals surface area contributed by atoms with Gasteiger partial charge in [-0.05, 0) is 49.3 Å². The van der Waals surface area contributed by atoms with E-state index in [0.29, 0.717) is 23.3 Å². The number of hydrogen-bond donors (Lipinski definition) is 0. The molecule has 0 bridgehead atoms. The van der Waals surface area contributed by atoms with Gasteiger partial charge < -0.3 is 9.80 Å². The molecule has 1 saturated heterocycles. The van der Waals surface area contributed by atoms with E-state index in [-0.39, 0.29) is 11.9 Å². The van der Waals surface area contributed by atoms with E-state index in [4.69, 9.17) is 16.6 Å². The zero-order valence-electron chi connectivity index (χ0n) is 17.3. The van der Waals surface area contributed by atoms with Crippen molar-refractivity contribution in [2.45, 2.75) is 51.0 Å². The fourth-order valence-electron chi connectivity index (χ4n) is 4.63. The summed E-state index contributed by atoms with van der Waals surface area (Å²) in [6.45, 7) is 0.817. The van der Waals surface area contributed by atoms with Crippen molar-refractivity contribution in [2.75, 3.05) is 25.5 Å². The van der Waals surface area contributed by atoms with Gasteiger partial charge in [-0.2, -0.15) is 0 Å². The molecule has 1 aromatic carbocycles. The Balaban J connectivity index is 1.68. The van der Waals surface area contributed by atoms with Crippen LogP contribution < -0.4 is 4.90 Å². The van der Waals surface area contributed by atoms with Crippen molar-refractivity contribution in [2.24, 2.45) is 5.92 Å². The Morgan fingerprint density at radius 3 is 2.55 bits per heavy atom. The SMILES string of the molecule is CN(C)c1ncc(-c2ccc(Cl)cc2)c([C@H]2CCCN2C(=O)CC2CCCC2)n1. The highest BCUT2D eigenvalue weighted by atomic mass is 35.5. The van der Waals surface area contributed by atoms with Gasteiger partial charge in [0.2, 0.25) is 11.9 Å². The fourth-order valence-corrected chi connectivity index (χ4v) is 4.76. The molecule has 2 aliphatic rings. The van der Waals surface area contributed by atoms with E-state index in [2.05, 4.69) is 9.88 Å². The summed E-state index contributed by atoms with van der Waals surface area (Å²) in [5.74, 6) is 1.52. The molecule has 1 amide bonds. The maximum atomic E-state index is 13.2. The van der Waals surface area contributed by atoms with Crippen LogP contribution in [0.5, 0.6) is 0 Å². The van der Waals surface area contributed by atoms with Crippen LogP contribution in [0, 0.1) is 5.92 Å². The van der Waals surface area contributed by atoms with Gasteiger partial charge in [0.15, 0.2) is 0 Å². The van der Waals surface area contributed by atoms with Crippen LogP contribution in [0.2, 0.25) is 5.02 Å². The smallest absolute Gasteiger partial charge is 0.225 e. The molecule has 2 heterocycles. The number of aromatic nitrogens is 2. The van der Waals surface area contributed by atoms with E-state index in [9.17, 15) is 4.79 Å². The molecule has 4 rings (SSSR count). The second-order valence-corrected chi connectivity index (χ2v) is 8.91. The maximum absolute atomic E-state index is 13.2. The Morgan fingerprint density at radius 2 is 1.86 bits per heavy atom. The first-order valence-corrected chi connectivity index (χ1v) is 11.0. The molecule has 1 aromatic heterocycles. The third-order valence-corrected chi connectivity index (χ3v) is 6.44. The average molecular weight is 413 g/mol. The molecule has 154 valence electrons. The highest BCUT2D eigenvalue weighted by molar-refractivity contribution is 6.30. The Labute approximate surface area is 178 Å². The summed E-state index contributed by atoms with van der Waals surface area (Å²) in [6, 6.07) is 7.78. The van der Waals surface area contributed by atoms with Gasteiger partial charge in [0.25, 0.3) is 0 Å². The lowest BCUT2D eigenvalue weighted by Crippen LogP contribution is -2.32. The largest absolute Gasteiger partial charge is 0.347 e. The summed E-state index contributed by atoms with van der Waals surface area (Å²) in [6.07, 6.45) is 9.44. The van der Waals surface area contributed by atoms with Crippen molar-refractivity contribution in [1.82, 2.24) is 14.9 Å². The molecule has 0 spiro atoms. The summed E-state index contributed by atoms with van der Waals surface area (Å²) in [7, 11) is 3.89. The van der Waals surface area contributed by atoms with Crippen LogP contribution in [-0.4, -0.2) is 41.4 Å². The van der Waals surface area contributed by atoms with E-state index < -0.39 is 0 Å². The minimum Gasteiger partial charge on any atom is -0.347 e. The third kappa shape index (κ3) is 4.40. The number of halogens is 1. The minimum absolute atomic E-state index is 0.0104. The lowest BCUT2D eigenvalue weighted by molar-refractivity contribution is -0.133. The van der Waals surface area contributed by atoms with Crippen LogP contribution in [0.4, 0.5) is 5.95 Å². The quantitative estimate of drug-likeness (QED) is 0.684. The number of likely N-dealkylation sites (tertiary alicyclic amines) is 1. The topological polar surface area (TPSA) is 49.3 Å². The van der Waals surface area contributed by atoms with Gasteiger partial charge in [-0.15, -0.1) is 0 Å².